The number of fused-ring (bicyclic) bond motifs is 1. The lowest BCUT2D eigenvalue weighted by Gasteiger charge is -2.21. The van der Waals surface area contributed by atoms with Crippen molar-refractivity contribution in [2.24, 2.45) is 0 Å². The molecule has 6 nitrogen and oxygen atoms in total. The Hall–Kier alpha value is -3.27. The third-order valence-electron chi connectivity index (χ3n) is 5.22. The van der Waals surface area contributed by atoms with Crippen LogP contribution in [-0.4, -0.2) is 28.9 Å². The normalized spacial score (nSPS) is 17.8. The Morgan fingerprint density at radius 2 is 2.03 bits per heavy atom. The maximum Gasteiger partial charge on any atom is 0.301 e. The molecule has 1 aliphatic rings. The molecule has 166 valence electrons. The molecule has 5 rings (SSSR count). The minimum absolute atomic E-state index is 0.0202. The van der Waals surface area contributed by atoms with E-state index < -0.39 is 29.3 Å². The van der Waals surface area contributed by atoms with E-state index >= 15 is 0 Å². The van der Waals surface area contributed by atoms with Crippen molar-refractivity contribution < 1.29 is 23.8 Å². The van der Waals surface area contributed by atoms with Gasteiger partial charge >= 0.3 is 5.91 Å². The van der Waals surface area contributed by atoms with Gasteiger partial charge in [0, 0.05) is 9.90 Å². The number of thiazole rings is 1. The van der Waals surface area contributed by atoms with Crippen LogP contribution in [0.4, 0.5) is 9.52 Å². The molecule has 2 aromatic heterocycles. The number of benzene rings is 2. The molecule has 3 heterocycles. The van der Waals surface area contributed by atoms with Crippen LogP contribution in [0.15, 0.2) is 59.5 Å². The summed E-state index contributed by atoms with van der Waals surface area (Å²) >= 11 is 8.61. The molecule has 10 heteroatoms. The smallest absolute Gasteiger partial charge is 0.301 e. The molecular weight excluding hydrogens is 487 g/mol. The summed E-state index contributed by atoms with van der Waals surface area (Å²) < 4.78 is 20.0. The zero-order valence-electron chi connectivity index (χ0n) is 16.9. The summed E-state index contributed by atoms with van der Waals surface area (Å²) in [4.78, 5) is 32.8. The molecule has 1 N–H and O–H groups in total. The van der Waals surface area contributed by atoms with Crippen molar-refractivity contribution in [3.8, 4) is 5.75 Å². The summed E-state index contributed by atoms with van der Waals surface area (Å²) in [5.74, 6) is -2.71. The molecule has 0 bridgehead atoms. The number of thiophene rings is 1. The van der Waals surface area contributed by atoms with Crippen molar-refractivity contribution in [1.82, 2.24) is 4.98 Å². The Morgan fingerprint density at radius 1 is 1.21 bits per heavy atom. The molecule has 1 fully saturated rings. The summed E-state index contributed by atoms with van der Waals surface area (Å²) in [6, 6.07) is 11.3. The first-order valence-corrected chi connectivity index (χ1v) is 11.7. The molecule has 1 saturated heterocycles. The van der Waals surface area contributed by atoms with Gasteiger partial charge in [0.05, 0.1) is 28.5 Å². The van der Waals surface area contributed by atoms with Crippen molar-refractivity contribution in [2.45, 2.75) is 6.04 Å². The number of ketones is 1. The highest BCUT2D eigenvalue weighted by atomic mass is 35.5. The zero-order valence-corrected chi connectivity index (χ0v) is 19.3. The fourth-order valence-corrected chi connectivity index (χ4v) is 5.84. The van der Waals surface area contributed by atoms with Gasteiger partial charge in [-0.1, -0.05) is 29.0 Å². The summed E-state index contributed by atoms with van der Waals surface area (Å²) in [5, 5.41) is 13.8. The lowest BCUT2D eigenvalue weighted by Crippen LogP contribution is -2.28. The van der Waals surface area contributed by atoms with E-state index in [1.54, 1.807) is 35.7 Å². The fraction of sp³-hybridized carbons (Fsp3) is 0.0870. The van der Waals surface area contributed by atoms with Crippen LogP contribution in [0.25, 0.3) is 16.0 Å². The van der Waals surface area contributed by atoms with Gasteiger partial charge in [0.25, 0.3) is 5.78 Å². The second kappa shape index (κ2) is 8.26. The average molecular weight is 501 g/mol. The summed E-state index contributed by atoms with van der Waals surface area (Å²) in [6.45, 7) is 0. The predicted octanol–water partition coefficient (Wildman–Crippen LogP) is 5.79. The van der Waals surface area contributed by atoms with E-state index in [2.05, 4.69) is 4.98 Å². The highest BCUT2D eigenvalue weighted by Crippen LogP contribution is 2.46. The van der Waals surface area contributed by atoms with Crippen molar-refractivity contribution in [1.29, 1.82) is 0 Å². The number of aromatic nitrogens is 1. The lowest BCUT2D eigenvalue weighted by atomic mass is 9.99. The van der Waals surface area contributed by atoms with E-state index in [1.807, 2.05) is 0 Å². The van der Waals surface area contributed by atoms with Crippen LogP contribution in [-0.2, 0) is 9.59 Å². The standard InChI is InChI=1S/C23H14ClFN2O4S2/c1-31-15-7-5-12(25)10-13(15)20(28)18-19(16-3-2-8-32-16)27(22(30)21(18)29)23-26-14-6-4-11(24)9-17(14)33-23/h2-10,19,28H,1H3/b20-18+. The van der Waals surface area contributed by atoms with Crippen molar-refractivity contribution >= 4 is 67.1 Å². The molecule has 0 aliphatic carbocycles. The lowest BCUT2D eigenvalue weighted by molar-refractivity contribution is -0.132. The van der Waals surface area contributed by atoms with Gasteiger partial charge in [-0.25, -0.2) is 9.37 Å². The first-order chi connectivity index (χ1) is 15.9. The van der Waals surface area contributed by atoms with Crippen molar-refractivity contribution in [3.63, 3.8) is 0 Å². The van der Waals surface area contributed by atoms with E-state index in [0.29, 0.717) is 15.4 Å². The van der Waals surface area contributed by atoms with Gasteiger partial charge in [-0.15, -0.1) is 11.3 Å². The highest BCUT2D eigenvalue weighted by molar-refractivity contribution is 7.22. The maximum absolute atomic E-state index is 14.0. The SMILES string of the molecule is COc1ccc(F)cc1/C(O)=C1\C(=O)C(=O)N(c2nc3ccc(Cl)cc3s2)C1c1cccs1. The van der Waals surface area contributed by atoms with E-state index in [-0.39, 0.29) is 22.0 Å². The Bertz CT molecular complexity index is 1450. The first-order valence-electron chi connectivity index (χ1n) is 9.63. The number of Topliss-reactive ketones (excluding diaryl/α,β-unsaturated/α-hetero) is 1. The minimum Gasteiger partial charge on any atom is -0.507 e. The molecule has 1 aliphatic heterocycles. The van der Waals surface area contributed by atoms with Crippen LogP contribution in [0, 0.1) is 5.82 Å². The van der Waals surface area contributed by atoms with Crippen molar-refractivity contribution in [3.05, 3.63) is 80.8 Å². The second-order valence-electron chi connectivity index (χ2n) is 7.14. The van der Waals surface area contributed by atoms with Gasteiger partial charge < -0.3 is 9.84 Å². The summed E-state index contributed by atoms with van der Waals surface area (Å²) in [7, 11) is 1.37. The Kier molecular flexibility index (Phi) is 5.40. The molecule has 0 radical (unpaired) electrons. The largest absolute Gasteiger partial charge is 0.507 e. The first kappa shape index (κ1) is 21.6. The van der Waals surface area contributed by atoms with Gasteiger partial charge in [0.2, 0.25) is 0 Å². The molecule has 33 heavy (non-hydrogen) atoms. The second-order valence-corrected chi connectivity index (χ2v) is 9.56. The van der Waals surface area contributed by atoms with Crippen LogP contribution >= 0.6 is 34.3 Å². The van der Waals surface area contributed by atoms with Crippen LogP contribution in [0.1, 0.15) is 16.5 Å². The zero-order chi connectivity index (χ0) is 23.3. The number of amides is 1. The van der Waals surface area contributed by atoms with E-state index in [9.17, 15) is 19.1 Å². The molecule has 1 atom stereocenters. The van der Waals surface area contributed by atoms with Gasteiger partial charge in [-0.05, 0) is 47.8 Å². The number of hydrogen-bond donors (Lipinski definition) is 1. The number of carbonyl (C=O) groups excluding carboxylic acids is 2. The number of anilines is 1. The number of ether oxygens (including phenoxy) is 1. The maximum atomic E-state index is 14.0. The molecule has 4 aromatic rings. The number of rotatable bonds is 4. The van der Waals surface area contributed by atoms with E-state index in [1.165, 1.54) is 46.8 Å². The summed E-state index contributed by atoms with van der Waals surface area (Å²) in [6.07, 6.45) is 0. The van der Waals surface area contributed by atoms with Crippen molar-refractivity contribution in [2.75, 3.05) is 12.0 Å². The monoisotopic (exact) mass is 500 g/mol. The number of halogens is 2. The number of nitrogens with zero attached hydrogens (tertiary/aromatic N) is 2. The summed E-state index contributed by atoms with van der Waals surface area (Å²) in [5.41, 5.74) is 0.440. The highest BCUT2D eigenvalue weighted by Gasteiger charge is 2.48. The van der Waals surface area contributed by atoms with Gasteiger partial charge in [-0.2, -0.15) is 0 Å². The molecule has 2 aromatic carbocycles. The number of carbonyl (C=O) groups is 2. The van der Waals surface area contributed by atoms with Crippen LogP contribution in [0.2, 0.25) is 5.02 Å². The quantitative estimate of drug-likeness (QED) is 0.218. The molecule has 0 spiro atoms. The van der Waals surface area contributed by atoms with Crippen LogP contribution < -0.4 is 9.64 Å². The topological polar surface area (TPSA) is 79.7 Å². The fourth-order valence-electron chi connectivity index (χ4n) is 3.75. The molecule has 1 amide bonds. The molecular formula is C23H14ClFN2O4S2. The third-order valence-corrected chi connectivity index (χ3v) is 7.40. The Morgan fingerprint density at radius 3 is 2.76 bits per heavy atom. The van der Waals surface area contributed by atoms with Gasteiger partial charge in [0.1, 0.15) is 23.4 Å². The minimum atomic E-state index is -0.936. The average Bonchev–Trinajstić information content (AvgIpc) is 3.52. The third kappa shape index (κ3) is 3.58. The molecule has 0 saturated carbocycles. The van der Waals surface area contributed by atoms with Crippen LogP contribution in [0.5, 0.6) is 5.75 Å². The van der Waals surface area contributed by atoms with Gasteiger partial charge in [-0.3, -0.25) is 14.5 Å². The Labute approximate surface area is 200 Å². The van der Waals surface area contributed by atoms with E-state index in [4.69, 9.17) is 16.3 Å². The Balaban J connectivity index is 1.74. The van der Waals surface area contributed by atoms with E-state index in [0.717, 1.165) is 10.8 Å². The van der Waals surface area contributed by atoms with Crippen LogP contribution in [0.3, 0.4) is 0 Å². The predicted molar refractivity (Wildman–Crippen MR) is 127 cm³/mol. The van der Waals surface area contributed by atoms with Gasteiger partial charge in [0.15, 0.2) is 5.13 Å². The number of methoxy groups -OCH3 is 1. The number of aliphatic hydroxyl groups is 1. The number of aliphatic hydroxyl groups excluding tert-OH is 1. The molecule has 1 unspecified atom stereocenters. The number of hydrogen-bond acceptors (Lipinski definition) is 7.